The first-order valence-electron chi connectivity index (χ1n) is 8.08. The molecule has 148 valence electrons. The fraction of sp³-hybridized carbons (Fsp3) is 0.211. The van der Waals surface area contributed by atoms with E-state index in [0.29, 0.717) is 5.56 Å². The lowest BCUT2D eigenvalue weighted by molar-refractivity contribution is -0.132. The van der Waals surface area contributed by atoms with E-state index < -0.39 is 24.3 Å². The molecule has 0 saturated carbocycles. The summed E-state index contributed by atoms with van der Waals surface area (Å²) in [6, 6.07) is 8.84. The average molecular weight is 390 g/mol. The van der Waals surface area contributed by atoms with Crippen LogP contribution in [0.15, 0.2) is 41.5 Å². The summed E-state index contributed by atoms with van der Waals surface area (Å²) in [6.45, 7) is 0.851. The summed E-state index contributed by atoms with van der Waals surface area (Å²) in [6.07, 6.45) is 1.34. The highest BCUT2D eigenvalue weighted by molar-refractivity contribution is 5.85. The van der Waals surface area contributed by atoms with E-state index in [-0.39, 0.29) is 23.0 Å². The molecule has 0 aliphatic carbocycles. The molecule has 8 nitrogen and oxygen atoms in total. The normalized spacial score (nSPS) is 10.4. The maximum Gasteiger partial charge on any atom is 0.308 e. The average Bonchev–Trinajstić information content (AvgIpc) is 2.67. The molecule has 0 aromatic heterocycles. The highest BCUT2D eigenvalue weighted by Crippen LogP contribution is 2.38. The summed E-state index contributed by atoms with van der Waals surface area (Å²) in [7, 11) is 2.81. The number of esters is 1. The summed E-state index contributed by atoms with van der Waals surface area (Å²) < 4.78 is 34.0. The molecule has 9 heteroatoms. The molecule has 2 rings (SSSR count). The van der Waals surface area contributed by atoms with E-state index in [2.05, 4.69) is 10.5 Å². The minimum Gasteiger partial charge on any atom is -0.493 e. The van der Waals surface area contributed by atoms with Gasteiger partial charge in [0.2, 0.25) is 5.75 Å². The fourth-order valence-electron chi connectivity index (χ4n) is 2.14. The first-order valence-corrected chi connectivity index (χ1v) is 8.08. The number of halogens is 1. The van der Waals surface area contributed by atoms with E-state index in [0.717, 1.165) is 0 Å². The lowest BCUT2D eigenvalue weighted by atomic mass is 10.2. The van der Waals surface area contributed by atoms with E-state index in [1.165, 1.54) is 45.6 Å². The Bertz CT molecular complexity index is 859. The van der Waals surface area contributed by atoms with Crippen LogP contribution in [0, 0.1) is 5.82 Å². The van der Waals surface area contributed by atoms with Gasteiger partial charge in [0.1, 0.15) is 0 Å². The number of hydrogen-bond acceptors (Lipinski definition) is 7. The molecule has 0 atom stereocenters. The standard InChI is InChI=1S/C19H19FN2O6/c1-12(23)28-19-16(25-2)8-13(9-17(19)26-3)10-21-22-18(24)11-27-15-7-5-4-6-14(15)20/h4-10H,11H2,1-3H3,(H,22,24)/b21-10+. The van der Waals surface area contributed by atoms with E-state index in [4.69, 9.17) is 18.9 Å². The minimum atomic E-state index is -0.574. The van der Waals surface area contributed by atoms with Gasteiger partial charge in [0, 0.05) is 12.5 Å². The third-order valence-corrected chi connectivity index (χ3v) is 3.33. The number of para-hydroxylation sites is 1. The molecular formula is C19H19FN2O6. The maximum atomic E-state index is 13.4. The number of carbonyl (C=O) groups excluding carboxylic acids is 2. The van der Waals surface area contributed by atoms with Gasteiger partial charge in [0.15, 0.2) is 29.7 Å². The number of rotatable bonds is 8. The zero-order valence-corrected chi connectivity index (χ0v) is 15.5. The van der Waals surface area contributed by atoms with Crippen LogP contribution >= 0.6 is 0 Å². The maximum absolute atomic E-state index is 13.4. The molecule has 28 heavy (non-hydrogen) atoms. The molecule has 0 aliphatic heterocycles. The highest BCUT2D eigenvalue weighted by Gasteiger charge is 2.15. The largest absolute Gasteiger partial charge is 0.493 e. The Morgan fingerprint density at radius 3 is 2.32 bits per heavy atom. The van der Waals surface area contributed by atoms with Crippen molar-refractivity contribution in [2.75, 3.05) is 20.8 Å². The Balaban J connectivity index is 2.02. The number of hydrazone groups is 1. The number of amides is 1. The van der Waals surface area contributed by atoms with Crippen LogP contribution in [0.1, 0.15) is 12.5 Å². The number of nitrogens with one attached hydrogen (secondary N) is 1. The summed E-state index contributed by atoms with van der Waals surface area (Å²) >= 11 is 0. The number of carbonyl (C=O) groups is 2. The molecule has 0 heterocycles. The summed E-state index contributed by atoms with van der Waals surface area (Å²) in [5.41, 5.74) is 2.77. The van der Waals surface area contributed by atoms with Crippen molar-refractivity contribution in [1.82, 2.24) is 5.43 Å². The number of methoxy groups -OCH3 is 2. The Hall–Kier alpha value is -3.62. The zero-order valence-electron chi connectivity index (χ0n) is 15.5. The lowest BCUT2D eigenvalue weighted by Crippen LogP contribution is -2.24. The van der Waals surface area contributed by atoms with Crippen LogP contribution in [0.4, 0.5) is 4.39 Å². The molecule has 2 aromatic rings. The lowest BCUT2D eigenvalue weighted by Gasteiger charge is -2.13. The number of nitrogens with zero attached hydrogens (tertiary/aromatic N) is 1. The van der Waals surface area contributed by atoms with Gasteiger partial charge in [-0.25, -0.2) is 9.82 Å². The van der Waals surface area contributed by atoms with Crippen LogP contribution in [0.3, 0.4) is 0 Å². The molecule has 0 radical (unpaired) electrons. The molecule has 0 unspecified atom stereocenters. The topological polar surface area (TPSA) is 95.5 Å². The van der Waals surface area contributed by atoms with Crippen molar-refractivity contribution in [3.8, 4) is 23.0 Å². The van der Waals surface area contributed by atoms with E-state index in [1.807, 2.05) is 0 Å². The first-order chi connectivity index (χ1) is 13.4. The second kappa shape index (κ2) is 9.91. The van der Waals surface area contributed by atoms with E-state index >= 15 is 0 Å². The third-order valence-electron chi connectivity index (χ3n) is 3.33. The molecular weight excluding hydrogens is 371 g/mol. The van der Waals surface area contributed by atoms with Gasteiger partial charge in [0.05, 0.1) is 20.4 Å². The molecule has 0 aliphatic rings. The van der Waals surface area contributed by atoms with Gasteiger partial charge in [-0.05, 0) is 24.3 Å². The number of hydrogen-bond donors (Lipinski definition) is 1. The number of ether oxygens (including phenoxy) is 4. The summed E-state index contributed by atoms with van der Waals surface area (Å²) in [5.74, 6) is -1.05. The van der Waals surface area contributed by atoms with Gasteiger partial charge in [-0.2, -0.15) is 5.10 Å². The highest BCUT2D eigenvalue weighted by atomic mass is 19.1. The van der Waals surface area contributed by atoms with E-state index in [1.54, 1.807) is 18.2 Å². The first kappa shape index (κ1) is 20.7. The van der Waals surface area contributed by atoms with Gasteiger partial charge in [-0.15, -0.1) is 0 Å². The molecule has 0 spiro atoms. The van der Waals surface area contributed by atoms with E-state index in [9.17, 15) is 14.0 Å². The van der Waals surface area contributed by atoms with Gasteiger partial charge in [-0.1, -0.05) is 12.1 Å². The Morgan fingerprint density at radius 2 is 1.75 bits per heavy atom. The summed E-state index contributed by atoms with van der Waals surface area (Å²) in [5, 5.41) is 3.80. The predicted octanol–water partition coefficient (Wildman–Crippen LogP) is 2.30. The van der Waals surface area contributed by atoms with Crippen LogP contribution in [-0.2, 0) is 9.59 Å². The van der Waals surface area contributed by atoms with Crippen LogP contribution in [-0.4, -0.2) is 38.9 Å². The van der Waals surface area contributed by atoms with Gasteiger partial charge in [0.25, 0.3) is 5.91 Å². The second-order valence-electron chi connectivity index (χ2n) is 5.36. The van der Waals surface area contributed by atoms with Crippen molar-refractivity contribution in [1.29, 1.82) is 0 Å². The van der Waals surface area contributed by atoms with Crippen molar-refractivity contribution in [2.45, 2.75) is 6.92 Å². The van der Waals surface area contributed by atoms with Gasteiger partial charge >= 0.3 is 5.97 Å². The van der Waals surface area contributed by atoms with Crippen molar-refractivity contribution in [3.05, 3.63) is 47.8 Å². The fourth-order valence-corrected chi connectivity index (χ4v) is 2.14. The molecule has 1 amide bonds. The molecule has 0 bridgehead atoms. The zero-order chi connectivity index (χ0) is 20.5. The molecule has 0 fully saturated rings. The van der Waals surface area contributed by atoms with Crippen LogP contribution in [0.5, 0.6) is 23.0 Å². The Kier molecular flexibility index (Phi) is 7.32. The Labute approximate surface area is 160 Å². The van der Waals surface area contributed by atoms with Crippen molar-refractivity contribution in [3.63, 3.8) is 0 Å². The monoisotopic (exact) mass is 390 g/mol. The predicted molar refractivity (Wildman–Crippen MR) is 98.5 cm³/mol. The molecule has 0 saturated heterocycles. The van der Waals surface area contributed by atoms with Crippen LogP contribution in [0.2, 0.25) is 0 Å². The van der Waals surface area contributed by atoms with Crippen molar-refractivity contribution in [2.24, 2.45) is 5.10 Å². The third kappa shape index (κ3) is 5.70. The van der Waals surface area contributed by atoms with Gasteiger partial charge < -0.3 is 18.9 Å². The smallest absolute Gasteiger partial charge is 0.308 e. The van der Waals surface area contributed by atoms with Crippen LogP contribution < -0.4 is 24.4 Å². The van der Waals surface area contributed by atoms with Gasteiger partial charge in [-0.3, -0.25) is 9.59 Å². The summed E-state index contributed by atoms with van der Waals surface area (Å²) in [4.78, 5) is 23.0. The SMILES string of the molecule is COc1cc(/C=N/NC(=O)COc2ccccc2F)cc(OC)c1OC(C)=O. The van der Waals surface area contributed by atoms with Crippen LogP contribution in [0.25, 0.3) is 0 Å². The Morgan fingerprint density at radius 1 is 1.11 bits per heavy atom. The van der Waals surface area contributed by atoms with Crippen molar-refractivity contribution < 1.29 is 32.9 Å². The second-order valence-corrected chi connectivity index (χ2v) is 5.36. The molecule has 1 N–H and O–H groups in total. The van der Waals surface area contributed by atoms with Crippen molar-refractivity contribution >= 4 is 18.1 Å². The molecule has 2 aromatic carbocycles. The number of benzene rings is 2. The minimum absolute atomic E-state index is 0.0304. The quantitative estimate of drug-likeness (QED) is 0.322.